The van der Waals surface area contributed by atoms with Gasteiger partial charge in [-0.05, 0) is 53.8 Å². The van der Waals surface area contributed by atoms with Crippen LogP contribution in [-0.4, -0.2) is 51.8 Å². The van der Waals surface area contributed by atoms with Gasteiger partial charge in [0.15, 0.2) is 0 Å². The molecule has 1 fully saturated rings. The summed E-state index contributed by atoms with van der Waals surface area (Å²) >= 11 is 0. The van der Waals surface area contributed by atoms with E-state index in [2.05, 4.69) is 5.32 Å². The van der Waals surface area contributed by atoms with Crippen molar-refractivity contribution in [3.05, 3.63) is 101 Å². The third-order valence-electron chi connectivity index (χ3n) is 7.31. The van der Waals surface area contributed by atoms with Crippen LogP contribution < -0.4 is 5.32 Å². The molecule has 0 radical (unpaired) electrons. The molecule has 3 aromatic carbocycles. The Kier molecular flexibility index (Phi) is 7.21. The fraction of sp³-hybridized carbons (Fsp3) is 0.300. The van der Waals surface area contributed by atoms with Gasteiger partial charge in [0.2, 0.25) is 11.8 Å². The van der Waals surface area contributed by atoms with Crippen molar-refractivity contribution < 1.29 is 19.5 Å². The summed E-state index contributed by atoms with van der Waals surface area (Å²) in [6.07, 6.45) is 2.24. The minimum atomic E-state index is -0.657. The Balaban J connectivity index is 1.33. The number of phenols is 1. The van der Waals surface area contributed by atoms with E-state index in [1.54, 1.807) is 41.3 Å². The lowest BCUT2D eigenvalue weighted by Gasteiger charge is -2.39. The predicted molar refractivity (Wildman–Crippen MR) is 140 cm³/mol. The van der Waals surface area contributed by atoms with Gasteiger partial charge in [0.05, 0.1) is 6.04 Å². The van der Waals surface area contributed by atoms with Gasteiger partial charge in [0.25, 0.3) is 5.91 Å². The zero-order valence-corrected chi connectivity index (χ0v) is 20.7. The quantitative estimate of drug-likeness (QED) is 0.542. The summed E-state index contributed by atoms with van der Waals surface area (Å²) in [6.45, 7) is 1.13. The molecule has 5 rings (SSSR count). The molecule has 0 aliphatic carbocycles. The lowest BCUT2D eigenvalue weighted by molar-refractivity contribution is -0.147. The Hall–Kier alpha value is -4.13. The van der Waals surface area contributed by atoms with Crippen LogP contribution >= 0.6 is 0 Å². The molecule has 0 bridgehead atoms. The van der Waals surface area contributed by atoms with Crippen molar-refractivity contribution >= 4 is 17.7 Å². The van der Waals surface area contributed by atoms with E-state index in [0.717, 1.165) is 29.5 Å². The number of amides is 3. The summed E-state index contributed by atoms with van der Waals surface area (Å²) in [5.41, 5.74) is 3.44. The molecule has 2 aliphatic rings. The second-order valence-corrected chi connectivity index (χ2v) is 9.67. The van der Waals surface area contributed by atoms with Crippen LogP contribution in [0.4, 0.5) is 0 Å². The number of likely N-dealkylation sites (tertiary alicyclic amines) is 1. The fourth-order valence-electron chi connectivity index (χ4n) is 5.41. The van der Waals surface area contributed by atoms with E-state index in [-0.39, 0.29) is 42.5 Å². The SMILES string of the molecule is O=C(NCCC(=O)N1Cc2ccc(O)cc2CC1C(=O)N1CCCC1c1ccccc1)c1ccccc1. The zero-order valence-electron chi connectivity index (χ0n) is 20.7. The normalized spacial score (nSPS) is 18.8. The summed E-state index contributed by atoms with van der Waals surface area (Å²) in [5.74, 6) is -0.331. The summed E-state index contributed by atoms with van der Waals surface area (Å²) in [7, 11) is 0. The van der Waals surface area contributed by atoms with Crippen LogP contribution in [0, 0.1) is 0 Å². The predicted octanol–water partition coefficient (Wildman–Crippen LogP) is 3.83. The number of hydrogen-bond acceptors (Lipinski definition) is 4. The van der Waals surface area contributed by atoms with E-state index in [0.29, 0.717) is 25.1 Å². The van der Waals surface area contributed by atoms with E-state index >= 15 is 0 Å². The monoisotopic (exact) mass is 497 g/mol. The number of nitrogens with zero attached hydrogens (tertiary/aromatic N) is 2. The van der Waals surface area contributed by atoms with E-state index in [9.17, 15) is 19.5 Å². The van der Waals surface area contributed by atoms with Crippen LogP contribution in [0.25, 0.3) is 0 Å². The number of nitrogens with one attached hydrogen (secondary N) is 1. The maximum absolute atomic E-state index is 14.0. The van der Waals surface area contributed by atoms with Crippen LogP contribution in [0.3, 0.4) is 0 Å². The Morgan fingerprint density at radius 3 is 2.38 bits per heavy atom. The van der Waals surface area contributed by atoms with Crippen molar-refractivity contribution in [3.63, 3.8) is 0 Å². The molecule has 2 heterocycles. The largest absolute Gasteiger partial charge is 0.508 e. The van der Waals surface area contributed by atoms with Crippen molar-refractivity contribution in [2.24, 2.45) is 0 Å². The van der Waals surface area contributed by atoms with Crippen molar-refractivity contribution in [1.82, 2.24) is 15.1 Å². The van der Waals surface area contributed by atoms with E-state index in [1.165, 1.54) is 0 Å². The smallest absolute Gasteiger partial charge is 0.251 e. The molecule has 2 N–H and O–H groups in total. The highest BCUT2D eigenvalue weighted by Crippen LogP contribution is 2.35. The molecule has 0 spiro atoms. The maximum atomic E-state index is 14.0. The number of carbonyl (C=O) groups excluding carboxylic acids is 3. The Morgan fingerprint density at radius 1 is 0.892 bits per heavy atom. The third kappa shape index (κ3) is 5.35. The van der Waals surface area contributed by atoms with E-state index < -0.39 is 6.04 Å². The number of fused-ring (bicyclic) bond motifs is 1. The lowest BCUT2D eigenvalue weighted by Crippen LogP contribution is -2.53. The highest BCUT2D eigenvalue weighted by atomic mass is 16.3. The molecule has 0 saturated carbocycles. The molecule has 1 saturated heterocycles. The molecule has 7 heteroatoms. The first-order valence-electron chi connectivity index (χ1n) is 12.8. The first kappa shape index (κ1) is 24.6. The van der Waals surface area contributed by atoms with Gasteiger partial charge in [-0.2, -0.15) is 0 Å². The average molecular weight is 498 g/mol. The highest BCUT2D eigenvalue weighted by Gasteiger charge is 2.40. The molecular weight excluding hydrogens is 466 g/mol. The van der Waals surface area contributed by atoms with E-state index in [4.69, 9.17) is 0 Å². The number of hydrogen-bond donors (Lipinski definition) is 2. The second kappa shape index (κ2) is 10.9. The molecule has 2 atom stereocenters. The summed E-state index contributed by atoms with van der Waals surface area (Å²) in [6, 6.07) is 23.3. The van der Waals surface area contributed by atoms with Gasteiger partial charge >= 0.3 is 0 Å². The van der Waals surface area contributed by atoms with Crippen LogP contribution in [0.2, 0.25) is 0 Å². The average Bonchev–Trinajstić information content (AvgIpc) is 3.43. The minimum Gasteiger partial charge on any atom is -0.508 e. The fourth-order valence-corrected chi connectivity index (χ4v) is 5.41. The molecule has 2 aliphatic heterocycles. The molecular formula is C30H31N3O4. The number of aromatic hydroxyl groups is 1. The van der Waals surface area contributed by atoms with Crippen molar-refractivity contribution in [2.75, 3.05) is 13.1 Å². The maximum Gasteiger partial charge on any atom is 0.251 e. The third-order valence-corrected chi connectivity index (χ3v) is 7.31. The Morgan fingerprint density at radius 2 is 1.62 bits per heavy atom. The van der Waals surface area contributed by atoms with Gasteiger partial charge in [-0.1, -0.05) is 54.6 Å². The zero-order chi connectivity index (χ0) is 25.8. The first-order chi connectivity index (χ1) is 18.0. The summed E-state index contributed by atoms with van der Waals surface area (Å²) in [5, 5.41) is 12.8. The molecule has 3 amide bonds. The molecule has 0 aromatic heterocycles. The first-order valence-corrected chi connectivity index (χ1v) is 12.8. The van der Waals surface area contributed by atoms with Crippen molar-refractivity contribution in [2.45, 2.75) is 44.3 Å². The summed E-state index contributed by atoms with van der Waals surface area (Å²) < 4.78 is 0. The lowest BCUT2D eigenvalue weighted by atomic mass is 9.92. The van der Waals surface area contributed by atoms with Gasteiger partial charge in [-0.3, -0.25) is 14.4 Å². The van der Waals surface area contributed by atoms with Crippen molar-refractivity contribution in [1.29, 1.82) is 0 Å². The van der Waals surface area contributed by atoms with Gasteiger partial charge in [-0.25, -0.2) is 0 Å². The molecule has 37 heavy (non-hydrogen) atoms. The highest BCUT2D eigenvalue weighted by molar-refractivity contribution is 5.94. The number of phenolic OH excluding ortho intramolecular Hbond substituents is 1. The van der Waals surface area contributed by atoms with Crippen LogP contribution in [-0.2, 0) is 22.6 Å². The van der Waals surface area contributed by atoms with Crippen LogP contribution in [0.5, 0.6) is 5.75 Å². The van der Waals surface area contributed by atoms with Gasteiger partial charge < -0.3 is 20.2 Å². The van der Waals surface area contributed by atoms with E-state index in [1.807, 2.05) is 47.4 Å². The molecule has 190 valence electrons. The van der Waals surface area contributed by atoms with Gasteiger partial charge in [-0.15, -0.1) is 0 Å². The number of benzene rings is 3. The minimum absolute atomic E-state index is 0.0126. The van der Waals surface area contributed by atoms with Gasteiger partial charge in [0, 0.05) is 38.0 Å². The molecule has 2 unspecified atom stereocenters. The van der Waals surface area contributed by atoms with Crippen molar-refractivity contribution in [3.8, 4) is 5.75 Å². The van der Waals surface area contributed by atoms with Gasteiger partial charge in [0.1, 0.15) is 11.8 Å². The second-order valence-electron chi connectivity index (χ2n) is 9.67. The Labute approximate surface area is 216 Å². The molecule has 3 aromatic rings. The Bertz CT molecular complexity index is 1280. The number of carbonyl (C=O) groups is 3. The standard InChI is InChI=1S/C30H31N3O4/c34-25-14-13-23-20-33(28(35)15-16-31-29(36)22-10-5-2-6-11-22)27(19-24(23)18-25)30(37)32-17-7-12-26(32)21-8-3-1-4-9-21/h1-6,8-11,13-14,18,26-27,34H,7,12,15-17,19-20H2,(H,31,36). The molecule has 7 nitrogen and oxygen atoms in total. The van der Waals surface area contributed by atoms with Crippen LogP contribution in [0.15, 0.2) is 78.9 Å². The number of rotatable bonds is 6. The topological polar surface area (TPSA) is 90.0 Å². The summed E-state index contributed by atoms with van der Waals surface area (Å²) in [4.78, 5) is 43.3. The van der Waals surface area contributed by atoms with Crippen LogP contribution in [0.1, 0.15) is 52.4 Å².